The van der Waals surface area contributed by atoms with Gasteiger partial charge in [-0.3, -0.25) is 14.6 Å². The molecule has 2 fully saturated rings. The second-order valence-corrected chi connectivity index (χ2v) is 7.58. The summed E-state index contributed by atoms with van der Waals surface area (Å²) in [4.78, 5) is 17.8. The van der Waals surface area contributed by atoms with Crippen molar-refractivity contribution >= 4 is 5.91 Å². The van der Waals surface area contributed by atoms with Crippen LogP contribution in [0.1, 0.15) is 59.3 Å². The van der Waals surface area contributed by atoms with E-state index in [1.165, 1.54) is 25.7 Å². The Bertz CT molecular complexity index is 379. The normalized spacial score (nSPS) is 24.4. The molecule has 0 aromatic rings. The number of nitrogens with one attached hydrogen (secondary N) is 1. The highest BCUT2D eigenvalue weighted by atomic mass is 16.5. The highest BCUT2D eigenvalue weighted by Gasteiger charge is 2.31. The highest BCUT2D eigenvalue weighted by Crippen LogP contribution is 2.21. The van der Waals surface area contributed by atoms with Crippen LogP contribution >= 0.6 is 0 Å². The third-order valence-electron chi connectivity index (χ3n) is 6.02. The van der Waals surface area contributed by atoms with Crippen molar-refractivity contribution in [3.8, 4) is 0 Å². The number of piperidine rings is 1. The van der Waals surface area contributed by atoms with Gasteiger partial charge in [-0.05, 0) is 38.3 Å². The summed E-state index contributed by atoms with van der Waals surface area (Å²) < 4.78 is 5.52. The molecule has 0 aromatic carbocycles. The maximum atomic E-state index is 12.9. The molecule has 0 bridgehead atoms. The van der Waals surface area contributed by atoms with E-state index in [2.05, 4.69) is 35.9 Å². The predicted octanol–water partition coefficient (Wildman–Crippen LogP) is 2.50. The molecule has 0 spiro atoms. The monoisotopic (exact) mass is 353 g/mol. The Morgan fingerprint density at radius 3 is 2.48 bits per heavy atom. The van der Waals surface area contributed by atoms with E-state index >= 15 is 0 Å². The molecule has 2 aliphatic rings. The summed E-state index contributed by atoms with van der Waals surface area (Å²) in [6.07, 6.45) is 6.87. The van der Waals surface area contributed by atoms with Crippen LogP contribution in [0.3, 0.4) is 0 Å². The van der Waals surface area contributed by atoms with Crippen LogP contribution < -0.4 is 5.32 Å². The van der Waals surface area contributed by atoms with Crippen molar-refractivity contribution in [3.05, 3.63) is 0 Å². The summed E-state index contributed by atoms with van der Waals surface area (Å²) in [5, 5.41) is 3.32. The summed E-state index contributed by atoms with van der Waals surface area (Å²) in [6, 6.07) is 0.520. The first-order valence-corrected chi connectivity index (χ1v) is 10.5. The van der Waals surface area contributed by atoms with Crippen LogP contribution in [-0.2, 0) is 9.53 Å². The summed E-state index contributed by atoms with van der Waals surface area (Å²) in [5.74, 6) is 0.883. The summed E-state index contributed by atoms with van der Waals surface area (Å²) in [7, 11) is 0. The van der Waals surface area contributed by atoms with Crippen molar-refractivity contribution in [1.82, 2.24) is 15.1 Å². The number of nitrogens with zero attached hydrogens (tertiary/aromatic N) is 2. The highest BCUT2D eigenvalue weighted by molar-refractivity contribution is 5.81. The van der Waals surface area contributed by atoms with Gasteiger partial charge in [0.05, 0.1) is 19.3 Å². The van der Waals surface area contributed by atoms with Crippen molar-refractivity contribution in [2.75, 3.05) is 45.9 Å². The Balaban J connectivity index is 1.94. The van der Waals surface area contributed by atoms with E-state index in [1.54, 1.807) is 0 Å². The molecule has 0 aliphatic carbocycles. The smallest absolute Gasteiger partial charge is 0.237 e. The average molecular weight is 354 g/mol. The Kier molecular flexibility index (Phi) is 9.21. The quantitative estimate of drug-likeness (QED) is 0.692. The van der Waals surface area contributed by atoms with E-state index < -0.39 is 0 Å². The topological polar surface area (TPSA) is 44.8 Å². The van der Waals surface area contributed by atoms with Crippen molar-refractivity contribution in [2.24, 2.45) is 5.92 Å². The lowest BCUT2D eigenvalue weighted by Crippen LogP contribution is -2.55. The molecule has 146 valence electrons. The van der Waals surface area contributed by atoms with Crippen LogP contribution in [-0.4, -0.2) is 73.7 Å². The number of likely N-dealkylation sites (tertiary alicyclic amines) is 1. The molecule has 2 atom stereocenters. The van der Waals surface area contributed by atoms with Gasteiger partial charge < -0.3 is 10.1 Å². The molecule has 0 aromatic heterocycles. The zero-order valence-corrected chi connectivity index (χ0v) is 16.6. The summed E-state index contributed by atoms with van der Waals surface area (Å²) in [6.45, 7) is 13.2. The van der Waals surface area contributed by atoms with Gasteiger partial charge in [0.25, 0.3) is 0 Å². The number of morpholine rings is 1. The minimum Gasteiger partial charge on any atom is -0.379 e. The lowest BCUT2D eigenvalue weighted by atomic mass is 9.92. The number of carbonyl (C=O) groups is 1. The largest absolute Gasteiger partial charge is 0.379 e. The van der Waals surface area contributed by atoms with E-state index in [4.69, 9.17) is 4.74 Å². The van der Waals surface area contributed by atoms with E-state index in [0.29, 0.717) is 12.0 Å². The van der Waals surface area contributed by atoms with Crippen molar-refractivity contribution < 1.29 is 9.53 Å². The second kappa shape index (κ2) is 11.1. The predicted molar refractivity (Wildman–Crippen MR) is 103 cm³/mol. The summed E-state index contributed by atoms with van der Waals surface area (Å²) >= 11 is 0. The third-order valence-corrected chi connectivity index (χ3v) is 6.02. The van der Waals surface area contributed by atoms with Gasteiger partial charge in [-0.1, -0.05) is 40.0 Å². The van der Waals surface area contributed by atoms with Crippen LogP contribution in [0.2, 0.25) is 0 Å². The Morgan fingerprint density at radius 2 is 1.84 bits per heavy atom. The molecule has 1 N–H and O–H groups in total. The number of rotatable bonds is 9. The van der Waals surface area contributed by atoms with Gasteiger partial charge in [0, 0.05) is 25.7 Å². The van der Waals surface area contributed by atoms with Crippen LogP contribution in [0.5, 0.6) is 0 Å². The van der Waals surface area contributed by atoms with Gasteiger partial charge in [-0.25, -0.2) is 0 Å². The Morgan fingerprint density at radius 1 is 1.12 bits per heavy atom. The number of hydrogen-bond acceptors (Lipinski definition) is 4. The van der Waals surface area contributed by atoms with Crippen LogP contribution in [0, 0.1) is 5.92 Å². The molecule has 2 saturated heterocycles. The maximum absolute atomic E-state index is 12.9. The van der Waals surface area contributed by atoms with Crippen LogP contribution in [0.15, 0.2) is 0 Å². The lowest BCUT2D eigenvalue weighted by Gasteiger charge is -2.40. The Labute approximate surface area is 154 Å². The van der Waals surface area contributed by atoms with Crippen molar-refractivity contribution in [1.29, 1.82) is 0 Å². The Hall–Kier alpha value is -0.650. The molecule has 2 aliphatic heterocycles. The fourth-order valence-electron chi connectivity index (χ4n) is 4.50. The average Bonchev–Trinajstić information content (AvgIpc) is 2.66. The number of hydrogen-bond donors (Lipinski definition) is 1. The first-order valence-electron chi connectivity index (χ1n) is 10.5. The van der Waals surface area contributed by atoms with E-state index in [-0.39, 0.29) is 11.9 Å². The summed E-state index contributed by atoms with van der Waals surface area (Å²) in [5.41, 5.74) is 0. The minimum atomic E-state index is 0.0840. The molecule has 25 heavy (non-hydrogen) atoms. The van der Waals surface area contributed by atoms with Gasteiger partial charge in [0.2, 0.25) is 5.91 Å². The molecule has 0 radical (unpaired) electrons. The standard InChI is InChI=1S/C20H39N3O2/c1-4-10-22-11-8-7-9-18(22)20(24)21-16-19(17(5-2)6-3)23-12-14-25-15-13-23/h17-19H,4-16H2,1-3H3,(H,21,24). The van der Waals surface area contributed by atoms with Gasteiger partial charge in [-0.15, -0.1) is 0 Å². The van der Waals surface area contributed by atoms with Gasteiger partial charge in [-0.2, -0.15) is 0 Å². The number of amides is 1. The zero-order chi connectivity index (χ0) is 18.1. The molecule has 0 saturated carbocycles. The van der Waals surface area contributed by atoms with E-state index in [1.807, 2.05) is 0 Å². The van der Waals surface area contributed by atoms with Gasteiger partial charge in [0.15, 0.2) is 0 Å². The lowest BCUT2D eigenvalue weighted by molar-refractivity contribution is -0.128. The molecule has 2 heterocycles. The van der Waals surface area contributed by atoms with Gasteiger partial charge in [0.1, 0.15) is 0 Å². The number of carbonyl (C=O) groups excluding carboxylic acids is 1. The molecule has 2 unspecified atom stereocenters. The SMILES string of the molecule is CCCN1CCCCC1C(=O)NCC(C(CC)CC)N1CCOCC1. The molecule has 2 rings (SSSR count). The van der Waals surface area contributed by atoms with Gasteiger partial charge >= 0.3 is 0 Å². The zero-order valence-electron chi connectivity index (χ0n) is 16.6. The van der Waals surface area contributed by atoms with E-state index in [0.717, 1.165) is 58.8 Å². The van der Waals surface area contributed by atoms with Crippen molar-refractivity contribution in [2.45, 2.75) is 71.4 Å². The number of ether oxygens (including phenoxy) is 1. The van der Waals surface area contributed by atoms with Crippen molar-refractivity contribution in [3.63, 3.8) is 0 Å². The minimum absolute atomic E-state index is 0.0840. The molecular formula is C20H39N3O2. The fraction of sp³-hybridized carbons (Fsp3) is 0.950. The molecule has 5 heteroatoms. The van der Waals surface area contributed by atoms with Crippen LogP contribution in [0.4, 0.5) is 0 Å². The van der Waals surface area contributed by atoms with E-state index in [9.17, 15) is 4.79 Å². The molecule has 1 amide bonds. The first kappa shape index (κ1) is 20.7. The maximum Gasteiger partial charge on any atom is 0.237 e. The third kappa shape index (κ3) is 5.93. The second-order valence-electron chi connectivity index (χ2n) is 7.58. The molecular weight excluding hydrogens is 314 g/mol. The van der Waals surface area contributed by atoms with Crippen LogP contribution in [0.25, 0.3) is 0 Å². The molecule has 5 nitrogen and oxygen atoms in total. The fourth-order valence-corrected chi connectivity index (χ4v) is 4.50. The first-order chi connectivity index (χ1) is 12.2.